The largest absolute Gasteiger partial charge is 0.385 e. The molecule has 0 aromatic heterocycles. The quantitative estimate of drug-likeness (QED) is 0.254. The molecule has 0 atom stereocenters. The minimum atomic E-state index is 0. The van der Waals surface area contributed by atoms with Gasteiger partial charge in [0, 0.05) is 59.1 Å². The molecule has 0 aliphatic carbocycles. The SMILES string of the molecule is CN=C(NCCNC(C)(C)C)N1CCC(OCCCOC)CC1.I. The standard InChI is InChI=1S/C17H36N4O2.HI/c1-17(2,3)20-10-9-19-16(18-4)21-11-7-15(8-12-21)23-14-6-13-22-5;/h15,20H,6-14H2,1-5H3,(H,18,19);1H. The first-order valence-electron chi connectivity index (χ1n) is 8.77. The van der Waals surface area contributed by atoms with Crippen molar-refractivity contribution >= 4 is 29.9 Å². The molecular formula is C17H37IN4O2. The fraction of sp³-hybridized carbons (Fsp3) is 0.941. The fourth-order valence-electron chi connectivity index (χ4n) is 2.63. The van der Waals surface area contributed by atoms with Crippen molar-refractivity contribution in [2.75, 3.05) is 53.6 Å². The molecule has 0 aromatic rings. The van der Waals surface area contributed by atoms with E-state index in [0.717, 1.165) is 64.6 Å². The molecule has 7 heteroatoms. The number of guanidine groups is 1. The summed E-state index contributed by atoms with van der Waals surface area (Å²) in [6.07, 6.45) is 3.48. The molecule has 0 radical (unpaired) electrons. The van der Waals surface area contributed by atoms with Gasteiger partial charge in [0.05, 0.1) is 6.10 Å². The van der Waals surface area contributed by atoms with Gasteiger partial charge in [-0.25, -0.2) is 0 Å². The van der Waals surface area contributed by atoms with Gasteiger partial charge in [0.25, 0.3) is 0 Å². The molecule has 144 valence electrons. The molecule has 0 amide bonds. The van der Waals surface area contributed by atoms with E-state index in [0.29, 0.717) is 6.10 Å². The van der Waals surface area contributed by atoms with Crippen LogP contribution in [0.4, 0.5) is 0 Å². The van der Waals surface area contributed by atoms with Crippen molar-refractivity contribution in [2.45, 2.75) is 51.7 Å². The van der Waals surface area contributed by atoms with Gasteiger partial charge in [0.2, 0.25) is 0 Å². The van der Waals surface area contributed by atoms with E-state index in [-0.39, 0.29) is 29.5 Å². The Morgan fingerprint density at radius 2 is 1.83 bits per heavy atom. The summed E-state index contributed by atoms with van der Waals surface area (Å²) in [6, 6.07) is 0. The number of nitrogens with zero attached hydrogens (tertiary/aromatic N) is 2. The molecule has 0 spiro atoms. The van der Waals surface area contributed by atoms with E-state index in [1.165, 1.54) is 0 Å². The summed E-state index contributed by atoms with van der Waals surface area (Å²) in [4.78, 5) is 6.73. The zero-order valence-corrected chi connectivity index (χ0v) is 18.4. The second kappa shape index (κ2) is 13.1. The molecule has 1 saturated heterocycles. The van der Waals surface area contributed by atoms with Gasteiger partial charge < -0.3 is 25.0 Å². The van der Waals surface area contributed by atoms with E-state index in [1.54, 1.807) is 7.11 Å². The molecule has 6 nitrogen and oxygen atoms in total. The van der Waals surface area contributed by atoms with E-state index in [9.17, 15) is 0 Å². The molecule has 1 aliphatic rings. The summed E-state index contributed by atoms with van der Waals surface area (Å²) >= 11 is 0. The third kappa shape index (κ3) is 10.7. The number of ether oxygens (including phenoxy) is 2. The van der Waals surface area contributed by atoms with Crippen LogP contribution in [-0.4, -0.2) is 76.1 Å². The molecule has 0 aromatic carbocycles. The van der Waals surface area contributed by atoms with E-state index in [4.69, 9.17) is 9.47 Å². The zero-order chi connectivity index (χ0) is 17.1. The third-order valence-electron chi connectivity index (χ3n) is 3.86. The van der Waals surface area contributed by atoms with Crippen LogP contribution in [0.15, 0.2) is 4.99 Å². The van der Waals surface area contributed by atoms with Gasteiger partial charge in [0.15, 0.2) is 5.96 Å². The van der Waals surface area contributed by atoms with Crippen molar-refractivity contribution < 1.29 is 9.47 Å². The van der Waals surface area contributed by atoms with Crippen molar-refractivity contribution in [3.05, 3.63) is 0 Å². The van der Waals surface area contributed by atoms with Gasteiger partial charge >= 0.3 is 0 Å². The maximum absolute atomic E-state index is 5.91. The third-order valence-corrected chi connectivity index (χ3v) is 3.86. The predicted octanol–water partition coefficient (Wildman–Crippen LogP) is 2.09. The average Bonchev–Trinajstić information content (AvgIpc) is 2.51. The van der Waals surface area contributed by atoms with Gasteiger partial charge in [-0.05, 0) is 40.0 Å². The van der Waals surface area contributed by atoms with Crippen LogP contribution < -0.4 is 10.6 Å². The number of likely N-dealkylation sites (tertiary alicyclic amines) is 1. The Kier molecular flexibility index (Phi) is 13.1. The van der Waals surface area contributed by atoms with Crippen LogP contribution >= 0.6 is 24.0 Å². The lowest BCUT2D eigenvalue weighted by molar-refractivity contribution is 0.00991. The number of hydrogen-bond acceptors (Lipinski definition) is 4. The van der Waals surface area contributed by atoms with Crippen LogP contribution in [0.1, 0.15) is 40.0 Å². The number of aliphatic imine (C=N–C) groups is 1. The Hall–Kier alpha value is -0.120. The van der Waals surface area contributed by atoms with Crippen molar-refractivity contribution in [1.82, 2.24) is 15.5 Å². The van der Waals surface area contributed by atoms with Crippen molar-refractivity contribution in [3.8, 4) is 0 Å². The highest BCUT2D eigenvalue weighted by Crippen LogP contribution is 2.14. The molecule has 1 aliphatic heterocycles. The molecule has 24 heavy (non-hydrogen) atoms. The van der Waals surface area contributed by atoms with E-state index >= 15 is 0 Å². The Morgan fingerprint density at radius 1 is 1.17 bits per heavy atom. The lowest BCUT2D eigenvalue weighted by atomic mass is 10.1. The van der Waals surface area contributed by atoms with Crippen LogP contribution in [0.5, 0.6) is 0 Å². The molecular weight excluding hydrogens is 419 g/mol. The summed E-state index contributed by atoms with van der Waals surface area (Å²) in [5.74, 6) is 0.999. The molecule has 1 fully saturated rings. The van der Waals surface area contributed by atoms with Gasteiger partial charge in [-0.3, -0.25) is 4.99 Å². The molecule has 0 bridgehead atoms. The predicted molar refractivity (Wildman–Crippen MR) is 112 cm³/mol. The fourth-order valence-corrected chi connectivity index (χ4v) is 2.63. The zero-order valence-electron chi connectivity index (χ0n) is 16.1. The van der Waals surface area contributed by atoms with Crippen molar-refractivity contribution in [3.63, 3.8) is 0 Å². The van der Waals surface area contributed by atoms with E-state index in [1.807, 2.05) is 7.05 Å². The highest BCUT2D eigenvalue weighted by molar-refractivity contribution is 14.0. The van der Waals surface area contributed by atoms with Crippen LogP contribution in [0, 0.1) is 0 Å². The number of nitrogens with one attached hydrogen (secondary N) is 2. The normalized spacial score (nSPS) is 16.9. The minimum Gasteiger partial charge on any atom is -0.385 e. The monoisotopic (exact) mass is 456 g/mol. The molecule has 1 heterocycles. The Morgan fingerprint density at radius 3 is 2.38 bits per heavy atom. The van der Waals surface area contributed by atoms with Gasteiger partial charge in [0.1, 0.15) is 0 Å². The first-order valence-corrected chi connectivity index (χ1v) is 8.77. The first kappa shape index (κ1) is 23.9. The van der Waals surface area contributed by atoms with Crippen LogP contribution in [0.2, 0.25) is 0 Å². The highest BCUT2D eigenvalue weighted by atomic mass is 127. The summed E-state index contributed by atoms with van der Waals surface area (Å²) in [5.41, 5.74) is 0.156. The van der Waals surface area contributed by atoms with Crippen molar-refractivity contribution in [2.24, 2.45) is 4.99 Å². The first-order chi connectivity index (χ1) is 11.0. The van der Waals surface area contributed by atoms with Crippen molar-refractivity contribution in [1.29, 1.82) is 0 Å². The maximum Gasteiger partial charge on any atom is 0.193 e. The number of halogens is 1. The lowest BCUT2D eigenvalue weighted by Crippen LogP contribution is -2.49. The highest BCUT2D eigenvalue weighted by Gasteiger charge is 2.21. The smallest absolute Gasteiger partial charge is 0.193 e. The number of rotatable bonds is 8. The lowest BCUT2D eigenvalue weighted by Gasteiger charge is -2.34. The Balaban J connectivity index is 0.00000529. The summed E-state index contributed by atoms with van der Waals surface area (Å²) < 4.78 is 11.0. The molecule has 0 unspecified atom stereocenters. The minimum absolute atomic E-state index is 0. The van der Waals surface area contributed by atoms with Crippen LogP contribution in [0.3, 0.4) is 0 Å². The summed E-state index contributed by atoms with van der Waals surface area (Å²) in [6.45, 7) is 11.9. The summed E-state index contributed by atoms with van der Waals surface area (Å²) in [7, 11) is 3.58. The maximum atomic E-state index is 5.91. The molecule has 2 N–H and O–H groups in total. The van der Waals surface area contributed by atoms with Gasteiger partial charge in [-0.1, -0.05) is 0 Å². The van der Waals surface area contributed by atoms with Crippen LogP contribution in [0.25, 0.3) is 0 Å². The Labute approximate surface area is 165 Å². The second-order valence-corrected chi connectivity index (χ2v) is 7.05. The number of methoxy groups -OCH3 is 1. The molecule has 0 saturated carbocycles. The van der Waals surface area contributed by atoms with Gasteiger partial charge in [-0.15, -0.1) is 24.0 Å². The van der Waals surface area contributed by atoms with E-state index < -0.39 is 0 Å². The summed E-state index contributed by atoms with van der Waals surface area (Å²) in [5, 5.41) is 6.92. The molecule has 1 rings (SSSR count). The number of hydrogen-bond donors (Lipinski definition) is 2. The number of piperidine rings is 1. The topological polar surface area (TPSA) is 58.1 Å². The Bertz CT molecular complexity index is 340. The second-order valence-electron chi connectivity index (χ2n) is 7.05. The van der Waals surface area contributed by atoms with Gasteiger partial charge in [-0.2, -0.15) is 0 Å². The van der Waals surface area contributed by atoms with E-state index in [2.05, 4.69) is 41.3 Å². The average molecular weight is 456 g/mol. The van der Waals surface area contributed by atoms with Crippen LogP contribution in [-0.2, 0) is 9.47 Å².